The number of para-hydroxylation sites is 1. The molecule has 1 aliphatic rings. The first-order valence-electron chi connectivity index (χ1n) is 8.14. The van der Waals surface area contributed by atoms with Crippen molar-refractivity contribution in [3.8, 4) is 0 Å². The quantitative estimate of drug-likeness (QED) is 0.842. The summed E-state index contributed by atoms with van der Waals surface area (Å²) in [6, 6.07) is 9.10. The monoisotopic (exact) mass is 362 g/mol. The number of sulfonamides is 1. The number of rotatable bonds is 3. The Bertz CT molecular complexity index is 915. The molecule has 0 fully saturated rings. The van der Waals surface area contributed by atoms with E-state index in [0.717, 1.165) is 22.0 Å². The van der Waals surface area contributed by atoms with Crippen LogP contribution in [-0.2, 0) is 16.4 Å². The van der Waals surface area contributed by atoms with Crippen LogP contribution in [0.15, 0.2) is 39.6 Å². The standard InChI is InChI=1S/C18H22N2O4S/c1-12-9-14-7-5-6-8-15(14)20(11-12)18(21)16-10-17(13(2)24-16)25(22,23)19(3)4/h5-8,10,12H,9,11H2,1-4H3/t12-/m0/s1. The van der Waals surface area contributed by atoms with Crippen LogP contribution in [0.1, 0.15) is 28.8 Å². The molecule has 7 heteroatoms. The summed E-state index contributed by atoms with van der Waals surface area (Å²) in [4.78, 5) is 14.7. The maximum absolute atomic E-state index is 13.0. The predicted molar refractivity (Wildman–Crippen MR) is 95.3 cm³/mol. The van der Waals surface area contributed by atoms with Crippen LogP contribution >= 0.6 is 0 Å². The van der Waals surface area contributed by atoms with Crippen LogP contribution < -0.4 is 4.90 Å². The van der Waals surface area contributed by atoms with Crippen molar-refractivity contribution in [3.05, 3.63) is 47.4 Å². The fourth-order valence-electron chi connectivity index (χ4n) is 3.15. The zero-order chi connectivity index (χ0) is 18.4. The van der Waals surface area contributed by atoms with E-state index in [2.05, 4.69) is 6.92 Å². The first kappa shape index (κ1) is 17.7. The van der Waals surface area contributed by atoms with Gasteiger partial charge in [-0.3, -0.25) is 4.79 Å². The molecule has 1 aromatic carbocycles. The second-order valence-corrected chi connectivity index (χ2v) is 8.79. The Kier molecular flexibility index (Phi) is 4.47. The molecule has 0 radical (unpaired) electrons. The van der Waals surface area contributed by atoms with E-state index in [1.54, 1.807) is 11.8 Å². The van der Waals surface area contributed by atoms with Crippen molar-refractivity contribution < 1.29 is 17.6 Å². The van der Waals surface area contributed by atoms with Crippen molar-refractivity contribution in [3.63, 3.8) is 0 Å². The van der Waals surface area contributed by atoms with Gasteiger partial charge >= 0.3 is 0 Å². The maximum Gasteiger partial charge on any atom is 0.294 e. The van der Waals surface area contributed by atoms with Crippen LogP contribution in [0.5, 0.6) is 0 Å². The average molecular weight is 362 g/mol. The fourth-order valence-corrected chi connectivity index (χ4v) is 4.20. The molecular weight excluding hydrogens is 340 g/mol. The Morgan fingerprint density at radius 3 is 2.64 bits per heavy atom. The molecule has 2 aromatic rings. The van der Waals surface area contributed by atoms with Gasteiger partial charge in [0, 0.05) is 32.4 Å². The summed E-state index contributed by atoms with van der Waals surface area (Å²) >= 11 is 0. The SMILES string of the molecule is Cc1oc(C(=O)N2C[C@@H](C)Cc3ccccc32)cc1S(=O)(=O)N(C)C. The molecule has 1 aliphatic heterocycles. The Morgan fingerprint density at radius 2 is 1.96 bits per heavy atom. The van der Waals surface area contributed by atoms with E-state index >= 15 is 0 Å². The second kappa shape index (κ2) is 6.31. The first-order chi connectivity index (χ1) is 11.7. The van der Waals surface area contributed by atoms with Crippen molar-refractivity contribution in [2.45, 2.75) is 25.2 Å². The van der Waals surface area contributed by atoms with Gasteiger partial charge in [0.1, 0.15) is 10.7 Å². The summed E-state index contributed by atoms with van der Waals surface area (Å²) in [7, 11) is -0.753. The van der Waals surface area contributed by atoms with Gasteiger partial charge in [0.2, 0.25) is 10.0 Å². The number of fused-ring (bicyclic) bond motifs is 1. The molecule has 3 rings (SSSR count). The second-order valence-electron chi connectivity index (χ2n) is 6.67. The molecule has 0 N–H and O–H groups in total. The van der Waals surface area contributed by atoms with Crippen molar-refractivity contribution in [1.29, 1.82) is 0 Å². The number of hydrogen-bond donors (Lipinski definition) is 0. The molecule has 1 atom stereocenters. The van der Waals surface area contributed by atoms with Gasteiger partial charge < -0.3 is 9.32 Å². The third-order valence-corrected chi connectivity index (χ3v) is 6.35. The Labute approximate surface area is 148 Å². The number of aryl methyl sites for hydroxylation is 1. The number of carbonyl (C=O) groups is 1. The molecule has 0 saturated carbocycles. The normalized spacial score (nSPS) is 17.6. The van der Waals surface area contributed by atoms with Crippen molar-refractivity contribution >= 4 is 21.6 Å². The summed E-state index contributed by atoms with van der Waals surface area (Å²) in [6.07, 6.45) is 0.914. The minimum Gasteiger partial charge on any atom is -0.455 e. The minimum absolute atomic E-state index is 0.0270. The lowest BCUT2D eigenvalue weighted by Crippen LogP contribution is -2.39. The third-order valence-electron chi connectivity index (χ3n) is 4.43. The van der Waals surface area contributed by atoms with Crippen molar-refractivity contribution in [1.82, 2.24) is 4.31 Å². The smallest absolute Gasteiger partial charge is 0.294 e. The van der Waals surface area contributed by atoms with E-state index in [0.29, 0.717) is 12.5 Å². The topological polar surface area (TPSA) is 70.8 Å². The average Bonchev–Trinajstić information content (AvgIpc) is 2.95. The number of carbonyl (C=O) groups excluding carboxylic acids is 1. The highest BCUT2D eigenvalue weighted by molar-refractivity contribution is 7.89. The van der Waals surface area contributed by atoms with E-state index < -0.39 is 10.0 Å². The predicted octanol–water partition coefficient (Wildman–Crippen LogP) is 2.68. The van der Waals surface area contributed by atoms with Gasteiger partial charge in [-0.15, -0.1) is 0 Å². The molecule has 2 heterocycles. The number of hydrogen-bond acceptors (Lipinski definition) is 4. The van der Waals surface area contributed by atoms with E-state index in [1.165, 1.54) is 20.2 Å². The van der Waals surface area contributed by atoms with Crippen LogP contribution in [0.2, 0.25) is 0 Å². The van der Waals surface area contributed by atoms with E-state index in [-0.39, 0.29) is 22.3 Å². The summed E-state index contributed by atoms with van der Waals surface area (Å²) in [5.41, 5.74) is 1.97. The number of benzene rings is 1. The molecule has 134 valence electrons. The largest absolute Gasteiger partial charge is 0.455 e. The summed E-state index contributed by atoms with van der Waals surface area (Å²) in [5, 5.41) is 0. The molecule has 1 amide bonds. The van der Waals surface area contributed by atoms with Crippen LogP contribution in [-0.4, -0.2) is 39.3 Å². The van der Waals surface area contributed by atoms with Crippen LogP contribution in [0.4, 0.5) is 5.69 Å². The van der Waals surface area contributed by atoms with Gasteiger partial charge in [0.15, 0.2) is 5.76 Å². The lowest BCUT2D eigenvalue weighted by atomic mass is 9.94. The number of nitrogens with zero attached hydrogens (tertiary/aromatic N) is 2. The first-order valence-corrected chi connectivity index (χ1v) is 9.58. The molecule has 25 heavy (non-hydrogen) atoms. The third kappa shape index (κ3) is 3.09. The highest BCUT2D eigenvalue weighted by atomic mass is 32.2. The maximum atomic E-state index is 13.0. The van der Waals surface area contributed by atoms with Crippen LogP contribution in [0.3, 0.4) is 0 Å². The summed E-state index contributed by atoms with van der Waals surface area (Å²) in [5.74, 6) is 0.263. The Morgan fingerprint density at radius 1 is 1.28 bits per heavy atom. The van der Waals surface area contributed by atoms with Gasteiger partial charge in [-0.05, 0) is 30.9 Å². The van der Waals surface area contributed by atoms with Crippen LogP contribution in [0.25, 0.3) is 0 Å². The molecule has 6 nitrogen and oxygen atoms in total. The highest BCUT2D eigenvalue weighted by Crippen LogP contribution is 2.32. The number of furan rings is 1. The number of anilines is 1. The lowest BCUT2D eigenvalue weighted by Gasteiger charge is -2.32. The molecule has 0 unspecified atom stereocenters. The van der Waals surface area contributed by atoms with E-state index in [9.17, 15) is 13.2 Å². The Balaban J connectivity index is 2.01. The van der Waals surface area contributed by atoms with E-state index in [4.69, 9.17) is 4.42 Å². The van der Waals surface area contributed by atoms with Crippen LogP contribution in [0, 0.1) is 12.8 Å². The van der Waals surface area contributed by atoms with Gasteiger partial charge in [0.05, 0.1) is 0 Å². The summed E-state index contributed by atoms with van der Waals surface area (Å²) < 4.78 is 31.3. The molecular formula is C18H22N2O4S. The molecule has 1 aromatic heterocycles. The molecule has 0 bridgehead atoms. The van der Waals surface area contributed by atoms with Gasteiger partial charge in [-0.1, -0.05) is 25.1 Å². The lowest BCUT2D eigenvalue weighted by molar-refractivity contribution is 0.0953. The number of amides is 1. The van der Waals surface area contributed by atoms with Gasteiger partial charge in [-0.2, -0.15) is 0 Å². The molecule has 0 spiro atoms. The fraction of sp³-hybridized carbons (Fsp3) is 0.389. The van der Waals surface area contributed by atoms with Gasteiger partial charge in [-0.25, -0.2) is 12.7 Å². The highest BCUT2D eigenvalue weighted by Gasteiger charge is 2.31. The Hall–Kier alpha value is -2.12. The van der Waals surface area contributed by atoms with Gasteiger partial charge in [0.25, 0.3) is 5.91 Å². The zero-order valence-corrected chi connectivity index (χ0v) is 15.6. The minimum atomic E-state index is -3.65. The van der Waals surface area contributed by atoms with Crippen molar-refractivity contribution in [2.24, 2.45) is 5.92 Å². The summed E-state index contributed by atoms with van der Waals surface area (Å²) in [6.45, 7) is 4.22. The van der Waals surface area contributed by atoms with E-state index in [1.807, 2.05) is 24.3 Å². The van der Waals surface area contributed by atoms with Crippen molar-refractivity contribution in [2.75, 3.05) is 25.5 Å². The molecule has 0 saturated heterocycles. The molecule has 0 aliphatic carbocycles. The zero-order valence-electron chi connectivity index (χ0n) is 14.8.